The topological polar surface area (TPSA) is 14.1 Å². The van der Waals surface area contributed by atoms with Crippen molar-refractivity contribution in [2.45, 2.75) is 0 Å². The fraction of sp³-hybridized carbons (Fsp3) is 0.0769. The molecule has 0 bridgehead atoms. The van der Waals surface area contributed by atoms with Crippen molar-refractivity contribution in [1.82, 2.24) is 5.32 Å². The van der Waals surface area contributed by atoms with E-state index >= 15 is 0 Å². The number of para-hydroxylation sites is 1. The van der Waals surface area contributed by atoms with Gasteiger partial charge in [-0.1, -0.05) is 48.5 Å². The Bertz CT molecular complexity index is 407. The lowest BCUT2D eigenvalue weighted by Gasteiger charge is -2.06. The molecule has 1 heteroatoms. The minimum Gasteiger partial charge on any atom is -0.288 e. The average Bonchev–Trinajstić information content (AvgIpc) is 2.30. The molecule has 69 valence electrons. The van der Waals surface area contributed by atoms with Gasteiger partial charge in [0.1, 0.15) is 0 Å². The fourth-order valence-electron chi connectivity index (χ4n) is 1.53. The summed E-state index contributed by atoms with van der Waals surface area (Å²) in [7, 11) is 1.82. The molecule has 0 N–H and O–H groups in total. The van der Waals surface area contributed by atoms with E-state index in [1.165, 1.54) is 11.1 Å². The van der Waals surface area contributed by atoms with Crippen LogP contribution < -0.4 is 5.32 Å². The predicted octanol–water partition coefficient (Wildman–Crippen LogP) is 3.22. The Labute approximate surface area is 84.4 Å². The highest BCUT2D eigenvalue weighted by molar-refractivity contribution is 5.75. The van der Waals surface area contributed by atoms with Gasteiger partial charge in [0.05, 0.1) is 5.69 Å². The summed E-state index contributed by atoms with van der Waals surface area (Å²) in [5, 5.41) is 4.25. The van der Waals surface area contributed by atoms with Gasteiger partial charge in [0.15, 0.2) is 0 Å². The molecule has 14 heavy (non-hydrogen) atoms. The zero-order chi connectivity index (χ0) is 9.80. The van der Waals surface area contributed by atoms with Crippen molar-refractivity contribution < 1.29 is 0 Å². The van der Waals surface area contributed by atoms with Crippen LogP contribution in [0, 0.1) is 0 Å². The normalized spacial score (nSPS) is 9.79. The Hall–Kier alpha value is -1.76. The van der Waals surface area contributed by atoms with Gasteiger partial charge in [-0.3, -0.25) is 5.32 Å². The van der Waals surface area contributed by atoms with Gasteiger partial charge in [0.25, 0.3) is 0 Å². The van der Waals surface area contributed by atoms with Crippen LogP contribution in [0.4, 0.5) is 5.69 Å². The molecule has 0 saturated heterocycles. The van der Waals surface area contributed by atoms with E-state index in [-0.39, 0.29) is 0 Å². The van der Waals surface area contributed by atoms with Gasteiger partial charge >= 0.3 is 0 Å². The Morgan fingerprint density at radius 3 is 2.14 bits per heavy atom. The molecule has 2 rings (SSSR count). The first-order chi connectivity index (χ1) is 6.92. The van der Waals surface area contributed by atoms with Crippen LogP contribution in [-0.4, -0.2) is 7.05 Å². The maximum absolute atomic E-state index is 4.25. The van der Waals surface area contributed by atoms with Gasteiger partial charge < -0.3 is 0 Å². The number of rotatable bonds is 2. The summed E-state index contributed by atoms with van der Waals surface area (Å²) in [5.41, 5.74) is 3.45. The van der Waals surface area contributed by atoms with Gasteiger partial charge in [-0.05, 0) is 11.6 Å². The summed E-state index contributed by atoms with van der Waals surface area (Å²) in [6, 6.07) is 18.5. The molecule has 0 aliphatic heterocycles. The van der Waals surface area contributed by atoms with Gasteiger partial charge in [0.2, 0.25) is 0 Å². The molecule has 1 radical (unpaired) electrons. The quantitative estimate of drug-likeness (QED) is 0.677. The Balaban J connectivity index is 2.51. The number of hydrogen-bond donors (Lipinski definition) is 0. The van der Waals surface area contributed by atoms with Gasteiger partial charge in [-0.2, -0.15) is 0 Å². The van der Waals surface area contributed by atoms with Crippen LogP contribution >= 0.6 is 0 Å². The minimum atomic E-state index is 1.04. The van der Waals surface area contributed by atoms with Crippen LogP contribution in [-0.2, 0) is 0 Å². The van der Waals surface area contributed by atoms with E-state index in [0.717, 1.165) is 5.69 Å². The third-order valence-corrected chi connectivity index (χ3v) is 2.23. The van der Waals surface area contributed by atoms with Crippen molar-refractivity contribution >= 4 is 5.69 Å². The molecule has 0 aliphatic carbocycles. The van der Waals surface area contributed by atoms with E-state index in [9.17, 15) is 0 Å². The van der Waals surface area contributed by atoms with E-state index in [4.69, 9.17) is 0 Å². The number of benzene rings is 2. The Kier molecular flexibility index (Phi) is 2.50. The highest BCUT2D eigenvalue weighted by atomic mass is 14.8. The summed E-state index contributed by atoms with van der Waals surface area (Å²) in [6.45, 7) is 0. The Morgan fingerprint density at radius 2 is 1.43 bits per heavy atom. The summed E-state index contributed by atoms with van der Waals surface area (Å²) < 4.78 is 0. The largest absolute Gasteiger partial charge is 0.288 e. The molecule has 0 aromatic heterocycles. The van der Waals surface area contributed by atoms with E-state index in [0.29, 0.717) is 0 Å². The zero-order valence-electron chi connectivity index (χ0n) is 8.14. The molecular formula is C13H12N. The maximum atomic E-state index is 4.25. The van der Waals surface area contributed by atoms with Crippen molar-refractivity contribution in [3.8, 4) is 11.1 Å². The third kappa shape index (κ3) is 1.62. The second-order valence-electron chi connectivity index (χ2n) is 3.11. The van der Waals surface area contributed by atoms with Gasteiger partial charge in [-0.15, -0.1) is 0 Å². The third-order valence-electron chi connectivity index (χ3n) is 2.23. The molecule has 0 saturated carbocycles. The molecule has 2 aromatic carbocycles. The van der Waals surface area contributed by atoms with Crippen molar-refractivity contribution in [2.75, 3.05) is 7.05 Å². The van der Waals surface area contributed by atoms with Crippen molar-refractivity contribution in [2.24, 2.45) is 0 Å². The number of nitrogens with zero attached hydrogens (tertiary/aromatic N) is 1. The highest BCUT2D eigenvalue weighted by Crippen LogP contribution is 2.26. The molecule has 0 atom stereocenters. The summed E-state index contributed by atoms with van der Waals surface area (Å²) in [5.74, 6) is 0. The molecule has 0 unspecified atom stereocenters. The van der Waals surface area contributed by atoms with E-state index in [1.54, 1.807) is 0 Å². The van der Waals surface area contributed by atoms with Gasteiger partial charge in [0, 0.05) is 12.6 Å². The lowest BCUT2D eigenvalue weighted by atomic mass is 10.0. The smallest absolute Gasteiger partial charge is 0.0649 e. The van der Waals surface area contributed by atoms with Crippen molar-refractivity contribution in [1.29, 1.82) is 0 Å². The van der Waals surface area contributed by atoms with E-state index in [2.05, 4.69) is 23.5 Å². The van der Waals surface area contributed by atoms with E-state index in [1.807, 2.05) is 43.4 Å². The first-order valence-electron chi connectivity index (χ1n) is 4.66. The predicted molar refractivity (Wildman–Crippen MR) is 59.6 cm³/mol. The minimum absolute atomic E-state index is 1.04. The molecule has 0 aliphatic rings. The van der Waals surface area contributed by atoms with Crippen molar-refractivity contribution in [3.63, 3.8) is 0 Å². The molecule has 0 fully saturated rings. The molecule has 0 spiro atoms. The lowest BCUT2D eigenvalue weighted by Crippen LogP contribution is -1.89. The molecule has 0 amide bonds. The van der Waals surface area contributed by atoms with Crippen molar-refractivity contribution in [3.05, 3.63) is 54.6 Å². The van der Waals surface area contributed by atoms with Crippen LogP contribution in [0.15, 0.2) is 54.6 Å². The van der Waals surface area contributed by atoms with Crippen LogP contribution in [0.25, 0.3) is 11.1 Å². The van der Waals surface area contributed by atoms with Crippen LogP contribution in [0.5, 0.6) is 0 Å². The van der Waals surface area contributed by atoms with Crippen LogP contribution in [0.2, 0.25) is 0 Å². The van der Waals surface area contributed by atoms with Crippen LogP contribution in [0.1, 0.15) is 0 Å². The second kappa shape index (κ2) is 3.97. The molecule has 1 nitrogen and oxygen atoms in total. The standard InChI is InChI=1S/C13H12N/c1-14-13-10-6-5-9-12(13)11-7-3-2-4-8-11/h2-10H,1H3. The summed E-state index contributed by atoms with van der Waals surface area (Å²) in [4.78, 5) is 0. The SMILES string of the molecule is C[N]c1ccccc1-c1ccccc1. The van der Waals surface area contributed by atoms with Crippen LogP contribution in [0.3, 0.4) is 0 Å². The summed E-state index contributed by atoms with van der Waals surface area (Å²) >= 11 is 0. The average molecular weight is 182 g/mol. The van der Waals surface area contributed by atoms with E-state index < -0.39 is 0 Å². The second-order valence-corrected chi connectivity index (χ2v) is 3.11. The maximum Gasteiger partial charge on any atom is 0.0649 e. The fourth-order valence-corrected chi connectivity index (χ4v) is 1.53. The first kappa shape index (κ1) is 8.82. The lowest BCUT2D eigenvalue weighted by molar-refractivity contribution is 1.09. The Morgan fingerprint density at radius 1 is 0.786 bits per heavy atom. The monoisotopic (exact) mass is 182 g/mol. The molecular weight excluding hydrogens is 170 g/mol. The molecule has 0 heterocycles. The van der Waals surface area contributed by atoms with Gasteiger partial charge in [-0.25, -0.2) is 0 Å². The summed E-state index contributed by atoms with van der Waals surface area (Å²) in [6.07, 6.45) is 0. The zero-order valence-corrected chi connectivity index (χ0v) is 8.14. The highest BCUT2D eigenvalue weighted by Gasteiger charge is 2.01. The first-order valence-corrected chi connectivity index (χ1v) is 4.66. The molecule has 2 aromatic rings. The number of hydrogen-bond acceptors (Lipinski definition) is 0.